The van der Waals surface area contributed by atoms with Crippen LogP contribution in [0.3, 0.4) is 0 Å². The van der Waals surface area contributed by atoms with Gasteiger partial charge in [0.15, 0.2) is 5.65 Å². The number of ether oxygens (including phenoxy) is 1. The van der Waals surface area contributed by atoms with Gasteiger partial charge in [-0.3, -0.25) is 0 Å². The first-order valence-corrected chi connectivity index (χ1v) is 5.78. The molecule has 17 heavy (non-hydrogen) atoms. The minimum absolute atomic E-state index is 0.498. The zero-order valence-corrected chi connectivity index (χ0v) is 9.82. The quantitative estimate of drug-likeness (QED) is 0.780. The van der Waals surface area contributed by atoms with Crippen LogP contribution in [-0.2, 0) is 4.74 Å². The summed E-state index contributed by atoms with van der Waals surface area (Å²) in [7, 11) is 0. The van der Waals surface area contributed by atoms with E-state index in [1.807, 2.05) is 6.07 Å². The smallest absolute Gasteiger partial charge is 0.231 e. The Morgan fingerprint density at radius 1 is 1.29 bits per heavy atom. The van der Waals surface area contributed by atoms with Crippen LogP contribution in [0.2, 0.25) is 5.02 Å². The van der Waals surface area contributed by atoms with E-state index >= 15 is 0 Å². The molecule has 1 aliphatic rings. The zero-order chi connectivity index (χ0) is 11.8. The highest BCUT2D eigenvalue weighted by Gasteiger charge is 2.16. The third-order valence-corrected chi connectivity index (χ3v) is 3.03. The molecule has 0 aromatic carbocycles. The molecule has 0 aliphatic carbocycles. The van der Waals surface area contributed by atoms with E-state index in [1.54, 1.807) is 10.6 Å². The molecule has 0 atom stereocenters. The Morgan fingerprint density at radius 3 is 2.82 bits per heavy atom. The fraction of sp³-hybridized carbons (Fsp3) is 0.364. The number of anilines is 1. The molecule has 2 aromatic heterocycles. The van der Waals surface area contributed by atoms with Crippen molar-refractivity contribution in [1.29, 1.82) is 0 Å². The average Bonchev–Trinajstić information content (AvgIpc) is 2.69. The fourth-order valence-corrected chi connectivity index (χ4v) is 2.26. The van der Waals surface area contributed by atoms with Crippen molar-refractivity contribution in [2.45, 2.75) is 0 Å². The molecule has 0 amide bonds. The van der Waals surface area contributed by atoms with Crippen molar-refractivity contribution in [2.24, 2.45) is 0 Å². The second kappa shape index (κ2) is 4.16. The molecule has 6 heteroatoms. The van der Waals surface area contributed by atoms with Crippen molar-refractivity contribution >= 4 is 22.9 Å². The van der Waals surface area contributed by atoms with Gasteiger partial charge in [-0.1, -0.05) is 11.6 Å². The number of fused-ring (bicyclic) bond motifs is 1. The number of imidazole rings is 1. The van der Waals surface area contributed by atoms with Crippen LogP contribution in [-0.4, -0.2) is 35.7 Å². The molecule has 0 saturated carbocycles. The Hall–Kier alpha value is -1.33. The molecule has 1 aliphatic heterocycles. The zero-order valence-electron chi connectivity index (χ0n) is 9.07. The predicted molar refractivity (Wildman–Crippen MR) is 63.2 cm³/mol. The lowest BCUT2D eigenvalue weighted by Crippen LogP contribution is -2.36. The standard InChI is InChI=1S/C11H11ClFN3O/c12-8-5-9(15-1-3-17-4-2-15)11-14-10(13)7-16(11)6-8/h5-7H,1-4H2. The number of halogens is 2. The van der Waals surface area contributed by atoms with E-state index in [-0.39, 0.29) is 0 Å². The minimum atomic E-state index is -0.498. The van der Waals surface area contributed by atoms with Gasteiger partial charge in [-0.2, -0.15) is 9.37 Å². The van der Waals surface area contributed by atoms with Gasteiger partial charge < -0.3 is 14.0 Å². The van der Waals surface area contributed by atoms with Gasteiger partial charge in [-0.25, -0.2) is 0 Å². The maximum Gasteiger partial charge on any atom is 0.231 e. The lowest BCUT2D eigenvalue weighted by Gasteiger charge is -2.29. The highest BCUT2D eigenvalue weighted by Crippen LogP contribution is 2.26. The summed E-state index contributed by atoms with van der Waals surface area (Å²) in [6.45, 7) is 2.87. The summed E-state index contributed by atoms with van der Waals surface area (Å²) in [5.41, 5.74) is 1.44. The molecule has 3 heterocycles. The molecule has 0 spiro atoms. The van der Waals surface area contributed by atoms with Gasteiger partial charge >= 0.3 is 0 Å². The van der Waals surface area contributed by atoms with Crippen LogP contribution in [0.15, 0.2) is 18.5 Å². The molecular weight excluding hydrogens is 245 g/mol. The number of hydrogen-bond acceptors (Lipinski definition) is 3. The number of nitrogens with zero attached hydrogens (tertiary/aromatic N) is 3. The van der Waals surface area contributed by atoms with E-state index < -0.39 is 5.95 Å². The second-order valence-corrected chi connectivity index (χ2v) is 4.37. The first kappa shape index (κ1) is 10.8. The van der Waals surface area contributed by atoms with E-state index in [4.69, 9.17) is 16.3 Å². The number of aromatic nitrogens is 2. The molecule has 3 rings (SSSR count). The summed E-state index contributed by atoms with van der Waals surface area (Å²) in [4.78, 5) is 5.99. The largest absolute Gasteiger partial charge is 0.378 e. The van der Waals surface area contributed by atoms with Crippen LogP contribution in [0.5, 0.6) is 0 Å². The average molecular weight is 256 g/mol. The molecule has 90 valence electrons. The monoisotopic (exact) mass is 255 g/mol. The van der Waals surface area contributed by atoms with Crippen molar-refractivity contribution in [3.63, 3.8) is 0 Å². The van der Waals surface area contributed by atoms with Crippen molar-refractivity contribution in [2.75, 3.05) is 31.2 Å². The van der Waals surface area contributed by atoms with Crippen molar-refractivity contribution < 1.29 is 9.13 Å². The molecule has 1 fully saturated rings. The van der Waals surface area contributed by atoms with E-state index in [0.29, 0.717) is 23.9 Å². The summed E-state index contributed by atoms with van der Waals surface area (Å²) in [5.74, 6) is -0.498. The Kier molecular flexibility index (Phi) is 2.64. The minimum Gasteiger partial charge on any atom is -0.378 e. The van der Waals surface area contributed by atoms with Gasteiger partial charge in [0.25, 0.3) is 0 Å². The third-order valence-electron chi connectivity index (χ3n) is 2.82. The third kappa shape index (κ3) is 1.96. The van der Waals surface area contributed by atoms with E-state index in [2.05, 4.69) is 9.88 Å². The molecule has 4 nitrogen and oxygen atoms in total. The van der Waals surface area contributed by atoms with Crippen LogP contribution >= 0.6 is 11.6 Å². The Labute approximate surface area is 103 Å². The number of morpholine rings is 1. The lowest BCUT2D eigenvalue weighted by atomic mass is 10.3. The first-order chi connectivity index (χ1) is 8.24. The van der Waals surface area contributed by atoms with Gasteiger partial charge in [0.2, 0.25) is 5.95 Å². The normalized spacial score (nSPS) is 16.7. The van der Waals surface area contributed by atoms with Gasteiger partial charge in [-0.05, 0) is 6.07 Å². The summed E-state index contributed by atoms with van der Waals surface area (Å²) in [6.07, 6.45) is 2.97. The van der Waals surface area contributed by atoms with Gasteiger partial charge in [-0.15, -0.1) is 0 Å². The van der Waals surface area contributed by atoms with Crippen LogP contribution in [0.4, 0.5) is 10.1 Å². The molecular formula is C11H11ClFN3O. The fourth-order valence-electron chi connectivity index (χ4n) is 2.05. The number of pyridine rings is 1. The Balaban J connectivity index is 2.12. The highest BCUT2D eigenvalue weighted by atomic mass is 35.5. The van der Waals surface area contributed by atoms with Crippen LogP contribution in [0.25, 0.3) is 5.65 Å². The molecule has 0 radical (unpaired) electrons. The summed E-state index contributed by atoms with van der Waals surface area (Å²) >= 11 is 6.02. The molecule has 0 N–H and O–H groups in total. The Bertz CT molecular complexity index is 551. The topological polar surface area (TPSA) is 29.8 Å². The van der Waals surface area contributed by atoms with Crippen molar-refractivity contribution in [1.82, 2.24) is 9.38 Å². The van der Waals surface area contributed by atoms with Gasteiger partial charge in [0.1, 0.15) is 0 Å². The van der Waals surface area contributed by atoms with Crippen molar-refractivity contribution in [3.8, 4) is 0 Å². The second-order valence-electron chi connectivity index (χ2n) is 3.94. The number of hydrogen-bond donors (Lipinski definition) is 0. The van der Waals surface area contributed by atoms with E-state index in [1.165, 1.54) is 6.20 Å². The summed E-state index contributed by atoms with van der Waals surface area (Å²) in [5, 5.41) is 0.566. The summed E-state index contributed by atoms with van der Waals surface area (Å²) < 4.78 is 20.1. The Morgan fingerprint density at radius 2 is 2.06 bits per heavy atom. The van der Waals surface area contributed by atoms with Crippen molar-refractivity contribution in [3.05, 3.63) is 29.4 Å². The van der Waals surface area contributed by atoms with E-state index in [0.717, 1.165) is 18.8 Å². The highest BCUT2D eigenvalue weighted by molar-refractivity contribution is 6.30. The SMILES string of the molecule is Fc1cn2cc(Cl)cc(N3CCOCC3)c2n1. The van der Waals surface area contributed by atoms with Crippen LogP contribution in [0.1, 0.15) is 0 Å². The molecule has 2 aromatic rings. The molecule has 0 unspecified atom stereocenters. The number of rotatable bonds is 1. The first-order valence-electron chi connectivity index (χ1n) is 5.40. The van der Waals surface area contributed by atoms with Crippen LogP contribution < -0.4 is 4.90 Å². The van der Waals surface area contributed by atoms with Gasteiger partial charge in [0, 0.05) is 19.3 Å². The van der Waals surface area contributed by atoms with Crippen LogP contribution in [0, 0.1) is 5.95 Å². The lowest BCUT2D eigenvalue weighted by molar-refractivity contribution is 0.123. The summed E-state index contributed by atoms with van der Waals surface area (Å²) in [6, 6.07) is 1.81. The maximum atomic E-state index is 13.2. The molecule has 1 saturated heterocycles. The molecule has 0 bridgehead atoms. The van der Waals surface area contributed by atoms with Gasteiger partial charge in [0.05, 0.1) is 30.1 Å². The maximum absolute atomic E-state index is 13.2. The van der Waals surface area contributed by atoms with E-state index in [9.17, 15) is 4.39 Å². The predicted octanol–water partition coefficient (Wildman–Crippen LogP) is 1.96.